The van der Waals surface area contributed by atoms with E-state index in [0.29, 0.717) is 12.3 Å². The van der Waals surface area contributed by atoms with Gasteiger partial charge < -0.3 is 10.3 Å². The van der Waals surface area contributed by atoms with Crippen molar-refractivity contribution in [2.75, 3.05) is 11.5 Å². The van der Waals surface area contributed by atoms with E-state index in [1.807, 2.05) is 30.3 Å². The third kappa shape index (κ3) is 4.17. The van der Waals surface area contributed by atoms with Crippen LogP contribution in [0.1, 0.15) is 36.4 Å². The number of benzene rings is 2. The zero-order chi connectivity index (χ0) is 19.3. The molecule has 146 valence electrons. The number of carbonyl (C=O) groups excluding carboxylic acids is 1. The van der Waals surface area contributed by atoms with Crippen LogP contribution in [0, 0.1) is 0 Å². The number of para-hydroxylation sites is 2. The Morgan fingerprint density at radius 1 is 1.18 bits per heavy atom. The summed E-state index contributed by atoms with van der Waals surface area (Å²) >= 11 is 1.63. The quantitative estimate of drug-likeness (QED) is 0.600. The molecule has 3 aromatic rings. The second kappa shape index (κ2) is 8.69. The summed E-state index contributed by atoms with van der Waals surface area (Å²) in [6.07, 6.45) is 4.09. The van der Waals surface area contributed by atoms with Crippen LogP contribution >= 0.6 is 11.8 Å². The summed E-state index contributed by atoms with van der Waals surface area (Å²) in [6, 6.07) is 16.3. The number of nitrogens with one attached hydrogen (secondary N) is 2. The highest BCUT2D eigenvalue weighted by Gasteiger charge is 2.21. The van der Waals surface area contributed by atoms with Crippen LogP contribution in [0.4, 0.5) is 0 Å². The standard InChI is InChI=1S/C22H25N3O2S/c26-21(23-18-11-5-8-16-7-1-2-9-17(16)18)15-28-14-6-13-25-20-12-4-3-10-19(20)24-22(25)27/h1-4,7,9-10,12,18H,5-6,8,11,13-15H2,(H,23,26)(H,24,27)/t18-/m0/s1. The average molecular weight is 396 g/mol. The molecule has 1 atom stereocenters. The fourth-order valence-electron chi connectivity index (χ4n) is 3.96. The van der Waals surface area contributed by atoms with Gasteiger partial charge in [-0.2, -0.15) is 11.8 Å². The Balaban J connectivity index is 1.23. The number of aromatic amines is 1. The van der Waals surface area contributed by atoms with E-state index in [9.17, 15) is 9.59 Å². The molecular weight excluding hydrogens is 370 g/mol. The second-order valence-electron chi connectivity index (χ2n) is 7.22. The van der Waals surface area contributed by atoms with Gasteiger partial charge in [0.15, 0.2) is 0 Å². The maximum Gasteiger partial charge on any atom is 0.326 e. The van der Waals surface area contributed by atoms with Gasteiger partial charge >= 0.3 is 5.69 Å². The summed E-state index contributed by atoms with van der Waals surface area (Å²) in [5, 5.41) is 3.19. The van der Waals surface area contributed by atoms with E-state index in [2.05, 4.69) is 28.5 Å². The third-order valence-corrected chi connectivity index (χ3v) is 6.33. The largest absolute Gasteiger partial charge is 0.349 e. The van der Waals surface area contributed by atoms with Gasteiger partial charge in [-0.15, -0.1) is 0 Å². The minimum atomic E-state index is -0.0695. The Kier molecular flexibility index (Phi) is 5.86. The number of H-pyrrole nitrogens is 1. The molecular formula is C22H25N3O2S. The van der Waals surface area contributed by atoms with E-state index < -0.39 is 0 Å². The lowest BCUT2D eigenvalue weighted by Crippen LogP contribution is -2.32. The Labute approximate surface area is 168 Å². The van der Waals surface area contributed by atoms with Gasteiger partial charge in [-0.25, -0.2) is 4.79 Å². The van der Waals surface area contributed by atoms with Gasteiger partial charge in [-0.1, -0.05) is 36.4 Å². The number of aromatic nitrogens is 2. The molecule has 0 saturated carbocycles. The van der Waals surface area contributed by atoms with Crippen molar-refractivity contribution in [3.8, 4) is 0 Å². The lowest BCUT2D eigenvalue weighted by molar-refractivity contribution is -0.119. The predicted octanol–water partition coefficient (Wildman–Crippen LogP) is 3.65. The third-order valence-electron chi connectivity index (χ3n) is 5.29. The highest BCUT2D eigenvalue weighted by atomic mass is 32.2. The van der Waals surface area contributed by atoms with E-state index in [-0.39, 0.29) is 17.6 Å². The normalized spacial score (nSPS) is 16.1. The SMILES string of the molecule is O=C(CSCCCn1c(=O)[nH]c2ccccc21)N[C@H]1CCCc2ccccc21. The van der Waals surface area contributed by atoms with Gasteiger partial charge in [0.2, 0.25) is 5.91 Å². The Hall–Kier alpha value is -2.47. The van der Waals surface area contributed by atoms with Crippen molar-refractivity contribution in [2.45, 2.75) is 38.3 Å². The lowest BCUT2D eigenvalue weighted by atomic mass is 9.88. The molecule has 1 aromatic heterocycles. The minimum absolute atomic E-state index is 0.0695. The lowest BCUT2D eigenvalue weighted by Gasteiger charge is -2.26. The van der Waals surface area contributed by atoms with E-state index in [0.717, 1.165) is 42.5 Å². The number of fused-ring (bicyclic) bond motifs is 2. The van der Waals surface area contributed by atoms with E-state index >= 15 is 0 Å². The van der Waals surface area contributed by atoms with Crippen LogP contribution in [0.25, 0.3) is 11.0 Å². The zero-order valence-corrected chi connectivity index (χ0v) is 16.6. The summed E-state index contributed by atoms with van der Waals surface area (Å²) in [6.45, 7) is 0.660. The van der Waals surface area contributed by atoms with Crippen LogP contribution in [0.15, 0.2) is 53.3 Å². The summed E-state index contributed by atoms with van der Waals surface area (Å²) < 4.78 is 1.77. The fourth-order valence-corrected chi connectivity index (χ4v) is 4.70. The monoisotopic (exact) mass is 395 g/mol. The van der Waals surface area contributed by atoms with Crippen LogP contribution in [-0.2, 0) is 17.8 Å². The molecule has 0 bridgehead atoms. The number of thioether (sulfide) groups is 1. The molecule has 0 spiro atoms. The summed E-state index contributed by atoms with van der Waals surface area (Å²) in [7, 11) is 0. The predicted molar refractivity (Wildman–Crippen MR) is 115 cm³/mol. The van der Waals surface area contributed by atoms with Crippen molar-refractivity contribution in [3.63, 3.8) is 0 Å². The number of nitrogens with zero attached hydrogens (tertiary/aromatic N) is 1. The number of hydrogen-bond acceptors (Lipinski definition) is 3. The van der Waals surface area contributed by atoms with Crippen molar-refractivity contribution in [1.29, 1.82) is 0 Å². The maximum absolute atomic E-state index is 12.3. The molecule has 2 aromatic carbocycles. The summed E-state index contributed by atoms with van der Waals surface area (Å²) in [5.41, 5.74) is 4.36. The number of hydrogen-bond donors (Lipinski definition) is 2. The van der Waals surface area contributed by atoms with Gasteiger partial charge in [0.1, 0.15) is 0 Å². The minimum Gasteiger partial charge on any atom is -0.349 e. The van der Waals surface area contributed by atoms with E-state index in [4.69, 9.17) is 0 Å². The molecule has 5 nitrogen and oxygen atoms in total. The number of amides is 1. The Morgan fingerprint density at radius 3 is 2.93 bits per heavy atom. The molecule has 28 heavy (non-hydrogen) atoms. The molecule has 1 aliphatic rings. The van der Waals surface area contributed by atoms with Gasteiger partial charge in [-0.3, -0.25) is 9.36 Å². The van der Waals surface area contributed by atoms with Crippen molar-refractivity contribution in [2.24, 2.45) is 0 Å². The first kappa shape index (κ1) is 18.9. The molecule has 4 rings (SSSR count). The van der Waals surface area contributed by atoms with Crippen molar-refractivity contribution in [3.05, 3.63) is 70.1 Å². The number of imidazole rings is 1. The first-order valence-corrected chi connectivity index (χ1v) is 11.0. The number of rotatable bonds is 7. The molecule has 0 fully saturated rings. The van der Waals surface area contributed by atoms with E-state index in [1.54, 1.807) is 16.3 Å². The second-order valence-corrected chi connectivity index (χ2v) is 8.32. The number of carbonyl (C=O) groups is 1. The summed E-state index contributed by atoms with van der Waals surface area (Å²) in [5.74, 6) is 1.40. The smallest absolute Gasteiger partial charge is 0.326 e. The molecule has 1 heterocycles. The van der Waals surface area contributed by atoms with Crippen molar-refractivity contribution in [1.82, 2.24) is 14.9 Å². The van der Waals surface area contributed by atoms with Gasteiger partial charge in [0.05, 0.1) is 22.8 Å². The molecule has 0 radical (unpaired) electrons. The molecule has 0 saturated heterocycles. The fraction of sp³-hybridized carbons (Fsp3) is 0.364. The first-order chi connectivity index (χ1) is 13.7. The highest BCUT2D eigenvalue weighted by Crippen LogP contribution is 2.29. The van der Waals surface area contributed by atoms with Crippen LogP contribution < -0.4 is 11.0 Å². The Bertz CT molecular complexity index is 1020. The molecule has 6 heteroatoms. The molecule has 1 amide bonds. The van der Waals surface area contributed by atoms with Crippen LogP contribution in [0.2, 0.25) is 0 Å². The Morgan fingerprint density at radius 2 is 2.00 bits per heavy atom. The summed E-state index contributed by atoms with van der Waals surface area (Å²) in [4.78, 5) is 27.3. The highest BCUT2D eigenvalue weighted by molar-refractivity contribution is 7.99. The topological polar surface area (TPSA) is 66.9 Å². The van der Waals surface area contributed by atoms with E-state index in [1.165, 1.54) is 11.1 Å². The van der Waals surface area contributed by atoms with Gasteiger partial charge in [0, 0.05) is 6.54 Å². The van der Waals surface area contributed by atoms with Gasteiger partial charge in [0.25, 0.3) is 0 Å². The molecule has 1 aliphatic carbocycles. The van der Waals surface area contributed by atoms with Crippen LogP contribution in [0.5, 0.6) is 0 Å². The first-order valence-electron chi connectivity index (χ1n) is 9.85. The van der Waals surface area contributed by atoms with Crippen molar-refractivity contribution >= 4 is 28.7 Å². The molecule has 0 aliphatic heterocycles. The van der Waals surface area contributed by atoms with Crippen molar-refractivity contribution < 1.29 is 4.79 Å². The molecule has 2 N–H and O–H groups in total. The van der Waals surface area contributed by atoms with Crippen LogP contribution in [-0.4, -0.2) is 27.0 Å². The van der Waals surface area contributed by atoms with Crippen LogP contribution in [0.3, 0.4) is 0 Å². The number of aryl methyl sites for hydroxylation is 2. The molecule has 0 unspecified atom stereocenters. The average Bonchev–Trinajstić information content (AvgIpc) is 3.03. The van der Waals surface area contributed by atoms with Gasteiger partial charge in [-0.05, 0) is 54.7 Å². The zero-order valence-electron chi connectivity index (χ0n) is 15.8. The maximum atomic E-state index is 12.3.